The molecular weight excluding hydrogens is 412 g/mol. The van der Waals surface area contributed by atoms with Gasteiger partial charge in [-0.15, -0.1) is 0 Å². The lowest BCUT2D eigenvalue weighted by Crippen LogP contribution is -2.55. The van der Waals surface area contributed by atoms with Gasteiger partial charge < -0.3 is 9.47 Å². The lowest BCUT2D eigenvalue weighted by atomic mass is 9.43. The Bertz CT molecular complexity index is 988. The van der Waals surface area contributed by atoms with Crippen molar-refractivity contribution in [1.82, 2.24) is 9.78 Å². The standard InChI is InChI=1S/C18H28B6ClFN2O3/c1-15(2,3)28-14(29)13(25)12(8-27-28)31-16(19,20)11-6-4-10(5-7-11)9-30-18(23,24)17(21,22)26/h4-8H,9,19-24H2,1-3H3. The highest BCUT2D eigenvalue weighted by molar-refractivity contribution is 6.53. The summed E-state index contributed by atoms with van der Waals surface area (Å²) in [6, 6.07) is 7.67. The number of hydrogen-bond acceptors (Lipinski definition) is 4. The van der Waals surface area contributed by atoms with Crippen molar-refractivity contribution in [2.24, 2.45) is 0 Å². The third-order valence-corrected chi connectivity index (χ3v) is 5.92. The van der Waals surface area contributed by atoms with Crippen LogP contribution in [0.3, 0.4) is 0 Å². The van der Waals surface area contributed by atoms with Gasteiger partial charge in [0, 0.05) is 5.40 Å². The van der Waals surface area contributed by atoms with E-state index in [0.717, 1.165) is 11.1 Å². The van der Waals surface area contributed by atoms with Crippen LogP contribution in [0.1, 0.15) is 31.9 Å². The molecule has 0 atom stereocenters. The molecule has 5 nitrogen and oxygen atoms in total. The average molecular weight is 440 g/mol. The molecule has 160 valence electrons. The second kappa shape index (κ2) is 8.78. The van der Waals surface area contributed by atoms with Crippen molar-refractivity contribution < 1.29 is 13.9 Å². The second-order valence-corrected chi connectivity index (χ2v) is 10.7. The van der Waals surface area contributed by atoms with Gasteiger partial charge in [-0.25, -0.2) is 4.68 Å². The summed E-state index contributed by atoms with van der Waals surface area (Å²) in [4.78, 5) is 12.6. The van der Waals surface area contributed by atoms with Gasteiger partial charge in [-0.2, -0.15) is 5.10 Å². The lowest BCUT2D eigenvalue weighted by Gasteiger charge is -2.36. The summed E-state index contributed by atoms with van der Waals surface area (Å²) >= 11 is 6.30. The molecule has 0 amide bonds. The fourth-order valence-corrected chi connectivity index (χ4v) is 2.91. The van der Waals surface area contributed by atoms with Crippen molar-refractivity contribution >= 4 is 58.7 Å². The minimum Gasteiger partial charge on any atom is -0.498 e. The molecule has 31 heavy (non-hydrogen) atoms. The average Bonchev–Trinajstić information content (AvgIpc) is 2.62. The third kappa shape index (κ3) is 6.04. The number of ether oxygens (including phenoxy) is 2. The summed E-state index contributed by atoms with van der Waals surface area (Å²) in [5.41, 5.74) is -0.536. The third-order valence-electron chi connectivity index (χ3n) is 5.57. The van der Waals surface area contributed by atoms with Crippen LogP contribution in [-0.4, -0.2) is 67.7 Å². The molecule has 2 aromatic rings. The van der Waals surface area contributed by atoms with Crippen LogP contribution in [0.4, 0.5) is 4.39 Å². The zero-order valence-corrected chi connectivity index (χ0v) is 20.7. The molecule has 0 radical (unpaired) electrons. The van der Waals surface area contributed by atoms with Gasteiger partial charge in [0.2, 0.25) is 0 Å². The van der Waals surface area contributed by atoms with E-state index in [4.69, 9.17) is 21.1 Å². The van der Waals surface area contributed by atoms with Crippen LogP contribution in [0.15, 0.2) is 35.3 Å². The number of alkyl halides is 1. The molecule has 0 bridgehead atoms. The molecule has 1 aromatic heterocycles. The van der Waals surface area contributed by atoms with Crippen molar-refractivity contribution in [3.05, 3.63) is 57.0 Å². The molecule has 2 rings (SSSR count). The number of hydrogen-bond donors (Lipinski definition) is 0. The number of aromatic nitrogens is 2. The summed E-state index contributed by atoms with van der Waals surface area (Å²) in [5.74, 6) is 0.233. The Kier molecular flexibility index (Phi) is 7.29. The number of rotatable bonds is 7. The van der Waals surface area contributed by atoms with Gasteiger partial charge in [0.25, 0.3) is 5.56 Å². The van der Waals surface area contributed by atoms with E-state index in [-0.39, 0.29) is 10.8 Å². The second-order valence-electron chi connectivity index (χ2n) is 10.3. The molecule has 1 heterocycles. The smallest absolute Gasteiger partial charge is 0.289 e. The molecule has 0 aliphatic rings. The Balaban J connectivity index is 2.18. The highest BCUT2D eigenvalue weighted by atomic mass is 35.5. The maximum absolute atomic E-state index is 14.3. The SMILES string of the molecule is BC(B)(Oc1cnn(C(C)(C)C)c(=O)c1Cl)c1ccc(COC(B)(B)C(B)(B)F)cc1. The van der Waals surface area contributed by atoms with Crippen LogP contribution in [0.25, 0.3) is 0 Å². The zero-order chi connectivity index (χ0) is 23.8. The summed E-state index contributed by atoms with van der Waals surface area (Å²) in [5, 5.41) is 2.55. The molecule has 0 fully saturated rings. The molecule has 0 saturated heterocycles. The molecule has 0 saturated carbocycles. The van der Waals surface area contributed by atoms with Crippen LogP contribution >= 0.6 is 11.6 Å². The number of halogens is 2. The van der Waals surface area contributed by atoms with E-state index in [0.29, 0.717) is 6.61 Å². The van der Waals surface area contributed by atoms with Crippen LogP contribution in [0, 0.1) is 0 Å². The molecular formula is C18H28B6ClFN2O3. The highest BCUT2D eigenvalue weighted by Crippen LogP contribution is 2.28. The van der Waals surface area contributed by atoms with Crippen molar-refractivity contribution in [1.29, 1.82) is 0 Å². The molecule has 13 heteroatoms. The van der Waals surface area contributed by atoms with E-state index in [1.807, 2.05) is 60.7 Å². The van der Waals surface area contributed by atoms with E-state index < -0.39 is 27.4 Å². The van der Waals surface area contributed by atoms with Crippen molar-refractivity contribution in [3.8, 4) is 5.75 Å². The van der Waals surface area contributed by atoms with E-state index >= 15 is 0 Å². The van der Waals surface area contributed by atoms with Gasteiger partial charge in [-0.05, 0) is 31.9 Å². The molecule has 0 aliphatic heterocycles. The predicted molar refractivity (Wildman–Crippen MR) is 140 cm³/mol. The van der Waals surface area contributed by atoms with Crippen molar-refractivity contribution in [3.63, 3.8) is 0 Å². The van der Waals surface area contributed by atoms with E-state index in [2.05, 4.69) is 5.10 Å². The van der Waals surface area contributed by atoms with Crippen molar-refractivity contribution in [2.75, 3.05) is 0 Å². The quantitative estimate of drug-likeness (QED) is 0.445. The summed E-state index contributed by atoms with van der Waals surface area (Å²) in [6.45, 7) is 5.93. The number of benzene rings is 1. The molecule has 0 N–H and O–H groups in total. The Morgan fingerprint density at radius 3 is 2.10 bits per heavy atom. The molecule has 0 spiro atoms. The fraction of sp³-hybridized carbons (Fsp3) is 0.444. The van der Waals surface area contributed by atoms with Crippen LogP contribution in [-0.2, 0) is 22.3 Å². The summed E-state index contributed by atoms with van der Waals surface area (Å²) in [7, 11) is 10.3. The molecule has 1 aromatic carbocycles. The van der Waals surface area contributed by atoms with Gasteiger partial charge >= 0.3 is 0 Å². The van der Waals surface area contributed by atoms with Gasteiger partial charge in [-0.3, -0.25) is 9.18 Å². The summed E-state index contributed by atoms with van der Waals surface area (Å²) < 4.78 is 27.5. The van der Waals surface area contributed by atoms with Crippen molar-refractivity contribution in [2.45, 2.75) is 49.2 Å². The number of nitrogens with zero attached hydrogens (tertiary/aromatic N) is 2. The van der Waals surface area contributed by atoms with Crippen LogP contribution in [0.5, 0.6) is 5.75 Å². The monoisotopic (exact) mass is 440 g/mol. The highest BCUT2D eigenvalue weighted by Gasteiger charge is 2.37. The first-order valence-electron chi connectivity index (χ1n) is 10.4. The molecule has 0 aliphatic carbocycles. The first-order valence-corrected chi connectivity index (χ1v) is 10.7. The van der Waals surface area contributed by atoms with E-state index in [1.165, 1.54) is 26.6 Å². The van der Waals surface area contributed by atoms with Gasteiger partial charge in [0.1, 0.15) is 31.4 Å². The maximum Gasteiger partial charge on any atom is 0.289 e. The first-order chi connectivity index (χ1) is 14.0. The largest absolute Gasteiger partial charge is 0.498 e. The topological polar surface area (TPSA) is 53.4 Å². The van der Waals surface area contributed by atoms with Gasteiger partial charge in [0.15, 0.2) is 26.5 Å². The Hall–Kier alpha value is -1.53. The Labute approximate surface area is 194 Å². The lowest BCUT2D eigenvalue weighted by molar-refractivity contribution is 0.0202. The Morgan fingerprint density at radius 1 is 1.06 bits per heavy atom. The molecule has 0 unspecified atom stereocenters. The summed E-state index contributed by atoms with van der Waals surface area (Å²) in [6.07, 6.45) is 1.47. The Morgan fingerprint density at radius 2 is 1.61 bits per heavy atom. The van der Waals surface area contributed by atoms with E-state index in [9.17, 15) is 9.18 Å². The van der Waals surface area contributed by atoms with Crippen LogP contribution in [0.2, 0.25) is 5.02 Å². The minimum absolute atomic E-state index is 0.000844. The van der Waals surface area contributed by atoms with Crippen LogP contribution < -0.4 is 10.3 Å². The maximum atomic E-state index is 14.3. The van der Waals surface area contributed by atoms with Gasteiger partial charge in [-0.1, -0.05) is 35.9 Å². The zero-order valence-electron chi connectivity index (χ0n) is 20.0. The first kappa shape index (κ1) is 25.7. The van der Waals surface area contributed by atoms with Gasteiger partial charge in [0.05, 0.1) is 29.2 Å². The minimum atomic E-state index is -1.46. The normalized spacial score (nSPS) is 13.2. The fourth-order valence-electron chi connectivity index (χ4n) is 2.74. The van der Waals surface area contributed by atoms with E-state index in [1.54, 1.807) is 15.7 Å². The predicted octanol–water partition coefficient (Wildman–Crippen LogP) is -2.57.